The predicted molar refractivity (Wildman–Crippen MR) is 97.3 cm³/mol. The summed E-state index contributed by atoms with van der Waals surface area (Å²) >= 11 is 0. The van der Waals surface area contributed by atoms with Crippen LogP contribution in [-0.4, -0.2) is 27.7 Å². The highest BCUT2D eigenvalue weighted by Gasteiger charge is 2.17. The standard InChI is InChI=1S/C20H24N4/c1-2-5-15-9-11-24-20(12-15)17(14-22-24)19-8-3-7-18(23-19)16-6-4-10-21-13-16/h3,7-9,11-12,14,16,21H,2,4-6,10,13H2,1H3. The molecule has 1 atom stereocenters. The van der Waals surface area contributed by atoms with Gasteiger partial charge in [0.1, 0.15) is 0 Å². The Bertz CT molecular complexity index is 831. The monoisotopic (exact) mass is 320 g/mol. The molecule has 4 heteroatoms. The van der Waals surface area contributed by atoms with Crippen molar-refractivity contribution in [1.82, 2.24) is 19.9 Å². The molecule has 3 aromatic rings. The van der Waals surface area contributed by atoms with Gasteiger partial charge in [-0.15, -0.1) is 0 Å². The van der Waals surface area contributed by atoms with Gasteiger partial charge in [-0.3, -0.25) is 4.98 Å². The van der Waals surface area contributed by atoms with E-state index in [0.29, 0.717) is 5.92 Å². The SMILES string of the molecule is CCCc1ccn2ncc(-c3cccc(C4CCCNC4)n3)c2c1. The van der Waals surface area contributed by atoms with Crippen LogP contribution in [0.4, 0.5) is 0 Å². The molecule has 0 saturated carbocycles. The molecule has 3 aromatic heterocycles. The topological polar surface area (TPSA) is 42.2 Å². The Labute approximate surface area is 142 Å². The number of nitrogens with zero attached hydrogens (tertiary/aromatic N) is 3. The van der Waals surface area contributed by atoms with Crippen molar-refractivity contribution in [2.24, 2.45) is 0 Å². The first-order valence-corrected chi connectivity index (χ1v) is 8.99. The molecular weight excluding hydrogens is 296 g/mol. The highest BCUT2D eigenvalue weighted by atomic mass is 15.2. The molecule has 124 valence electrons. The van der Waals surface area contributed by atoms with Crippen molar-refractivity contribution in [3.8, 4) is 11.3 Å². The third-order valence-electron chi connectivity index (χ3n) is 4.89. The van der Waals surface area contributed by atoms with E-state index in [4.69, 9.17) is 4.98 Å². The molecule has 1 aliphatic heterocycles. The first-order chi connectivity index (χ1) is 11.8. The zero-order valence-electron chi connectivity index (χ0n) is 14.2. The minimum atomic E-state index is 0.524. The number of hydrogen-bond acceptors (Lipinski definition) is 3. The van der Waals surface area contributed by atoms with E-state index in [1.54, 1.807) is 0 Å². The minimum Gasteiger partial charge on any atom is -0.316 e. The molecule has 0 radical (unpaired) electrons. The lowest BCUT2D eigenvalue weighted by atomic mass is 9.95. The van der Waals surface area contributed by atoms with Crippen molar-refractivity contribution in [3.05, 3.63) is 54.0 Å². The number of fused-ring (bicyclic) bond motifs is 1. The Morgan fingerprint density at radius 3 is 3.08 bits per heavy atom. The summed E-state index contributed by atoms with van der Waals surface area (Å²) in [5, 5.41) is 7.98. The van der Waals surface area contributed by atoms with E-state index in [1.807, 2.05) is 10.7 Å². The number of nitrogens with one attached hydrogen (secondary N) is 1. The van der Waals surface area contributed by atoms with Gasteiger partial charge in [0, 0.05) is 29.9 Å². The van der Waals surface area contributed by atoms with Gasteiger partial charge in [0.25, 0.3) is 0 Å². The molecule has 0 amide bonds. The maximum absolute atomic E-state index is 4.97. The number of piperidine rings is 1. The third-order valence-corrected chi connectivity index (χ3v) is 4.89. The van der Waals surface area contributed by atoms with E-state index < -0.39 is 0 Å². The Morgan fingerprint density at radius 1 is 1.29 bits per heavy atom. The molecule has 0 aliphatic carbocycles. The summed E-state index contributed by atoms with van der Waals surface area (Å²) in [7, 11) is 0. The van der Waals surface area contributed by atoms with Gasteiger partial charge in [-0.2, -0.15) is 5.10 Å². The van der Waals surface area contributed by atoms with Crippen LogP contribution < -0.4 is 5.32 Å². The molecular formula is C20H24N4. The number of pyridine rings is 2. The van der Waals surface area contributed by atoms with Gasteiger partial charge >= 0.3 is 0 Å². The molecule has 4 nitrogen and oxygen atoms in total. The van der Waals surface area contributed by atoms with Crippen LogP contribution in [0.1, 0.15) is 43.4 Å². The normalized spacial score (nSPS) is 18.1. The van der Waals surface area contributed by atoms with E-state index in [0.717, 1.165) is 42.7 Å². The van der Waals surface area contributed by atoms with Gasteiger partial charge < -0.3 is 5.32 Å². The first-order valence-electron chi connectivity index (χ1n) is 8.99. The number of rotatable bonds is 4. The molecule has 0 bridgehead atoms. The second kappa shape index (κ2) is 6.73. The number of aromatic nitrogens is 3. The summed E-state index contributed by atoms with van der Waals surface area (Å²) in [4.78, 5) is 4.97. The highest BCUT2D eigenvalue weighted by molar-refractivity contribution is 5.78. The molecule has 1 saturated heterocycles. The van der Waals surface area contributed by atoms with Gasteiger partial charge in [-0.1, -0.05) is 19.4 Å². The molecule has 4 rings (SSSR count). The third kappa shape index (κ3) is 2.94. The van der Waals surface area contributed by atoms with E-state index in [9.17, 15) is 0 Å². The fourth-order valence-electron chi connectivity index (χ4n) is 3.60. The van der Waals surface area contributed by atoms with E-state index >= 15 is 0 Å². The summed E-state index contributed by atoms with van der Waals surface area (Å²) in [6.07, 6.45) is 8.70. The lowest BCUT2D eigenvalue weighted by Gasteiger charge is -2.22. The van der Waals surface area contributed by atoms with Crippen LogP contribution >= 0.6 is 0 Å². The average Bonchev–Trinajstić information content (AvgIpc) is 3.06. The Hall–Kier alpha value is -2.20. The van der Waals surface area contributed by atoms with Crippen LogP contribution in [0.2, 0.25) is 0 Å². The summed E-state index contributed by atoms with van der Waals surface area (Å²) in [6, 6.07) is 10.8. The maximum Gasteiger partial charge on any atom is 0.0758 e. The fraction of sp³-hybridized carbons (Fsp3) is 0.400. The molecule has 0 spiro atoms. The van der Waals surface area contributed by atoms with Crippen molar-refractivity contribution in [2.45, 2.75) is 38.5 Å². The van der Waals surface area contributed by atoms with Crippen LogP contribution in [0.3, 0.4) is 0 Å². The Balaban J connectivity index is 1.72. The van der Waals surface area contributed by atoms with E-state index in [1.165, 1.54) is 24.1 Å². The highest BCUT2D eigenvalue weighted by Crippen LogP contribution is 2.27. The smallest absolute Gasteiger partial charge is 0.0758 e. The Kier molecular flexibility index (Phi) is 4.30. The minimum absolute atomic E-state index is 0.524. The molecule has 1 fully saturated rings. The van der Waals surface area contributed by atoms with Gasteiger partial charge in [0.2, 0.25) is 0 Å². The van der Waals surface area contributed by atoms with Crippen LogP contribution in [0.5, 0.6) is 0 Å². The second-order valence-corrected chi connectivity index (χ2v) is 6.66. The summed E-state index contributed by atoms with van der Waals surface area (Å²) in [5.74, 6) is 0.524. The van der Waals surface area contributed by atoms with Gasteiger partial charge in [0.15, 0.2) is 0 Å². The van der Waals surface area contributed by atoms with Crippen LogP contribution in [0, 0.1) is 0 Å². The lowest BCUT2D eigenvalue weighted by molar-refractivity contribution is 0.455. The molecule has 4 heterocycles. The summed E-state index contributed by atoms with van der Waals surface area (Å²) < 4.78 is 1.95. The van der Waals surface area contributed by atoms with Crippen molar-refractivity contribution in [3.63, 3.8) is 0 Å². The molecule has 1 N–H and O–H groups in total. The van der Waals surface area contributed by atoms with Gasteiger partial charge in [-0.25, -0.2) is 4.52 Å². The Morgan fingerprint density at radius 2 is 2.25 bits per heavy atom. The van der Waals surface area contributed by atoms with Gasteiger partial charge in [0.05, 0.1) is 17.4 Å². The summed E-state index contributed by atoms with van der Waals surface area (Å²) in [6.45, 7) is 4.38. The van der Waals surface area contributed by atoms with Crippen LogP contribution in [0.15, 0.2) is 42.7 Å². The zero-order chi connectivity index (χ0) is 16.4. The second-order valence-electron chi connectivity index (χ2n) is 6.66. The van der Waals surface area contributed by atoms with Crippen LogP contribution in [-0.2, 0) is 6.42 Å². The van der Waals surface area contributed by atoms with Crippen molar-refractivity contribution >= 4 is 5.52 Å². The summed E-state index contributed by atoms with van der Waals surface area (Å²) in [5.41, 5.74) is 5.86. The maximum atomic E-state index is 4.97. The largest absolute Gasteiger partial charge is 0.316 e. The van der Waals surface area contributed by atoms with Crippen LogP contribution in [0.25, 0.3) is 16.8 Å². The van der Waals surface area contributed by atoms with Crippen molar-refractivity contribution in [1.29, 1.82) is 0 Å². The van der Waals surface area contributed by atoms with Crippen molar-refractivity contribution < 1.29 is 0 Å². The molecule has 1 unspecified atom stereocenters. The molecule has 0 aromatic carbocycles. The van der Waals surface area contributed by atoms with E-state index in [2.05, 4.69) is 53.9 Å². The first kappa shape index (κ1) is 15.3. The van der Waals surface area contributed by atoms with E-state index in [-0.39, 0.29) is 0 Å². The lowest BCUT2D eigenvalue weighted by Crippen LogP contribution is -2.28. The predicted octanol–water partition coefficient (Wildman–Crippen LogP) is 3.82. The van der Waals surface area contributed by atoms with Gasteiger partial charge in [-0.05, 0) is 55.6 Å². The fourth-order valence-corrected chi connectivity index (χ4v) is 3.60. The molecule has 24 heavy (non-hydrogen) atoms. The number of aryl methyl sites for hydroxylation is 1. The molecule has 1 aliphatic rings. The quantitative estimate of drug-likeness (QED) is 0.795. The number of hydrogen-bond donors (Lipinski definition) is 1. The van der Waals surface area contributed by atoms with Crippen molar-refractivity contribution in [2.75, 3.05) is 13.1 Å². The zero-order valence-corrected chi connectivity index (χ0v) is 14.2. The average molecular weight is 320 g/mol.